The molecule has 0 bridgehead atoms. The van der Waals surface area contributed by atoms with E-state index in [1.54, 1.807) is 12.4 Å². The van der Waals surface area contributed by atoms with Gasteiger partial charge in [0.2, 0.25) is 0 Å². The predicted octanol–water partition coefficient (Wildman–Crippen LogP) is 1.37. The van der Waals surface area contributed by atoms with E-state index in [2.05, 4.69) is 15.2 Å². The van der Waals surface area contributed by atoms with Crippen LogP contribution in [0.3, 0.4) is 0 Å². The first kappa shape index (κ1) is 10.9. The second kappa shape index (κ2) is 4.54. The maximum Gasteiger partial charge on any atom is 0.179 e. The average Bonchev–Trinajstić information content (AvgIpc) is 2.83. The molecule has 3 aromatic rings. The molecular weight excluding hydrogens is 226 g/mol. The molecule has 0 aliphatic rings. The Morgan fingerprint density at radius 1 is 1.17 bits per heavy atom. The van der Waals surface area contributed by atoms with Crippen LogP contribution in [0.25, 0.3) is 5.65 Å². The van der Waals surface area contributed by atoms with Crippen molar-refractivity contribution in [3.05, 3.63) is 60.3 Å². The number of aromatic nitrogens is 4. The number of fused-ring (bicyclic) bond motifs is 1. The molecule has 18 heavy (non-hydrogen) atoms. The van der Waals surface area contributed by atoms with E-state index in [0.29, 0.717) is 6.42 Å². The van der Waals surface area contributed by atoms with E-state index in [1.807, 2.05) is 40.9 Å². The summed E-state index contributed by atoms with van der Waals surface area (Å²) in [6.45, 7) is 0. The van der Waals surface area contributed by atoms with Crippen LogP contribution in [0.5, 0.6) is 0 Å². The van der Waals surface area contributed by atoms with Gasteiger partial charge in [-0.05, 0) is 5.56 Å². The summed E-state index contributed by atoms with van der Waals surface area (Å²) in [6.07, 6.45) is 5.90. The van der Waals surface area contributed by atoms with Gasteiger partial charge in [0.25, 0.3) is 0 Å². The first-order valence-corrected chi connectivity index (χ1v) is 5.79. The summed E-state index contributed by atoms with van der Waals surface area (Å²) in [6, 6.07) is 9.92. The molecule has 0 saturated carbocycles. The average molecular weight is 239 g/mol. The van der Waals surface area contributed by atoms with Crippen molar-refractivity contribution in [1.29, 1.82) is 0 Å². The molecule has 1 unspecified atom stereocenters. The van der Waals surface area contributed by atoms with Crippen LogP contribution in [0.1, 0.15) is 17.4 Å². The lowest BCUT2D eigenvalue weighted by molar-refractivity contribution is 0.680. The predicted molar refractivity (Wildman–Crippen MR) is 67.9 cm³/mol. The van der Waals surface area contributed by atoms with Crippen molar-refractivity contribution in [2.45, 2.75) is 12.5 Å². The molecule has 90 valence electrons. The lowest BCUT2D eigenvalue weighted by Crippen LogP contribution is -2.15. The van der Waals surface area contributed by atoms with Crippen LogP contribution in [-0.2, 0) is 6.42 Å². The normalized spacial score (nSPS) is 12.7. The third kappa shape index (κ3) is 1.96. The van der Waals surface area contributed by atoms with E-state index in [1.165, 1.54) is 0 Å². The van der Waals surface area contributed by atoms with Crippen molar-refractivity contribution in [3.8, 4) is 0 Å². The fourth-order valence-corrected chi connectivity index (χ4v) is 1.96. The fraction of sp³-hybridized carbons (Fsp3) is 0.154. The molecular formula is C13H13N5. The Morgan fingerprint density at radius 2 is 2.00 bits per heavy atom. The largest absolute Gasteiger partial charge is 0.324 e. The highest BCUT2D eigenvalue weighted by Gasteiger charge is 2.11. The molecule has 5 heteroatoms. The molecule has 0 fully saturated rings. The first-order chi connectivity index (χ1) is 8.84. The van der Waals surface area contributed by atoms with E-state index >= 15 is 0 Å². The first-order valence-electron chi connectivity index (χ1n) is 5.79. The summed E-state index contributed by atoms with van der Waals surface area (Å²) in [5, 5.41) is 8.21. The Hall–Kier alpha value is -2.27. The lowest BCUT2D eigenvalue weighted by atomic mass is 10.0. The van der Waals surface area contributed by atoms with Gasteiger partial charge in [-0.3, -0.25) is 9.38 Å². The van der Waals surface area contributed by atoms with Gasteiger partial charge in [-0.1, -0.05) is 30.3 Å². The van der Waals surface area contributed by atoms with Crippen LogP contribution in [-0.4, -0.2) is 19.6 Å². The number of hydrogen-bond acceptors (Lipinski definition) is 4. The van der Waals surface area contributed by atoms with E-state index < -0.39 is 0 Å². The molecule has 2 aromatic heterocycles. The van der Waals surface area contributed by atoms with Crippen molar-refractivity contribution in [2.75, 3.05) is 0 Å². The quantitative estimate of drug-likeness (QED) is 0.749. The molecule has 0 aliphatic heterocycles. The van der Waals surface area contributed by atoms with Crippen molar-refractivity contribution in [3.63, 3.8) is 0 Å². The summed E-state index contributed by atoms with van der Waals surface area (Å²) in [7, 11) is 0. The number of hydrogen-bond donors (Lipinski definition) is 1. The smallest absolute Gasteiger partial charge is 0.179 e. The summed E-state index contributed by atoms with van der Waals surface area (Å²) in [4.78, 5) is 4.01. The van der Waals surface area contributed by atoms with Gasteiger partial charge in [-0.2, -0.15) is 0 Å². The number of rotatable bonds is 3. The summed E-state index contributed by atoms with van der Waals surface area (Å²) in [5.74, 6) is 0.851. The molecule has 0 spiro atoms. The zero-order valence-electron chi connectivity index (χ0n) is 9.77. The topological polar surface area (TPSA) is 69.1 Å². The molecule has 1 atom stereocenters. The minimum atomic E-state index is -0.0771. The molecule has 2 heterocycles. The molecule has 5 nitrogen and oxygen atoms in total. The van der Waals surface area contributed by atoms with Crippen LogP contribution < -0.4 is 5.73 Å². The van der Waals surface area contributed by atoms with Gasteiger partial charge in [0.15, 0.2) is 5.65 Å². The van der Waals surface area contributed by atoms with Gasteiger partial charge in [0.05, 0.1) is 6.20 Å². The zero-order chi connectivity index (χ0) is 12.4. The summed E-state index contributed by atoms with van der Waals surface area (Å²) in [5.41, 5.74) is 8.02. The number of nitrogens with zero attached hydrogens (tertiary/aromatic N) is 4. The third-order valence-corrected chi connectivity index (χ3v) is 2.91. The number of nitrogens with two attached hydrogens (primary N) is 1. The van der Waals surface area contributed by atoms with Crippen molar-refractivity contribution in [2.24, 2.45) is 5.73 Å². The van der Waals surface area contributed by atoms with E-state index in [-0.39, 0.29) is 6.04 Å². The van der Waals surface area contributed by atoms with Gasteiger partial charge < -0.3 is 5.73 Å². The van der Waals surface area contributed by atoms with Gasteiger partial charge >= 0.3 is 0 Å². The van der Waals surface area contributed by atoms with Gasteiger partial charge in [0.1, 0.15) is 5.82 Å². The maximum absolute atomic E-state index is 6.18. The van der Waals surface area contributed by atoms with Gasteiger partial charge in [0, 0.05) is 24.9 Å². The lowest BCUT2D eigenvalue weighted by Gasteiger charge is -2.10. The standard InChI is InChI=1S/C13H13N5/c14-11(10-4-2-1-3-5-10)8-12-16-17-13-9-15-6-7-18(12)13/h1-7,9,11H,8,14H2. The molecule has 0 amide bonds. The van der Waals surface area contributed by atoms with Crippen LogP contribution in [0.2, 0.25) is 0 Å². The fourth-order valence-electron chi connectivity index (χ4n) is 1.96. The van der Waals surface area contributed by atoms with E-state index in [0.717, 1.165) is 17.0 Å². The van der Waals surface area contributed by atoms with Crippen molar-refractivity contribution < 1.29 is 0 Å². The SMILES string of the molecule is NC(Cc1nnc2cnccn12)c1ccccc1. The van der Waals surface area contributed by atoms with Gasteiger partial charge in [-0.25, -0.2) is 0 Å². The van der Waals surface area contributed by atoms with Crippen LogP contribution in [0.4, 0.5) is 0 Å². The second-order valence-electron chi connectivity index (χ2n) is 4.14. The Morgan fingerprint density at radius 3 is 2.83 bits per heavy atom. The Balaban J connectivity index is 1.89. The van der Waals surface area contributed by atoms with Crippen molar-refractivity contribution >= 4 is 5.65 Å². The molecule has 0 aliphatic carbocycles. The highest BCUT2D eigenvalue weighted by molar-refractivity contribution is 5.34. The van der Waals surface area contributed by atoms with E-state index in [9.17, 15) is 0 Å². The zero-order valence-corrected chi connectivity index (χ0v) is 9.77. The van der Waals surface area contributed by atoms with Crippen LogP contribution in [0.15, 0.2) is 48.9 Å². The Bertz CT molecular complexity index is 647. The van der Waals surface area contributed by atoms with Crippen LogP contribution in [0, 0.1) is 0 Å². The monoisotopic (exact) mass is 239 g/mol. The highest BCUT2D eigenvalue weighted by Crippen LogP contribution is 2.14. The minimum Gasteiger partial charge on any atom is -0.324 e. The molecule has 0 radical (unpaired) electrons. The van der Waals surface area contributed by atoms with Crippen LogP contribution >= 0.6 is 0 Å². The minimum absolute atomic E-state index is 0.0771. The Kier molecular flexibility index (Phi) is 2.74. The summed E-state index contributed by atoms with van der Waals surface area (Å²) >= 11 is 0. The van der Waals surface area contributed by atoms with Gasteiger partial charge in [-0.15, -0.1) is 10.2 Å². The Labute approximate surface area is 104 Å². The molecule has 2 N–H and O–H groups in total. The number of benzene rings is 1. The maximum atomic E-state index is 6.18. The summed E-state index contributed by atoms with van der Waals surface area (Å²) < 4.78 is 1.91. The molecule has 1 aromatic carbocycles. The second-order valence-corrected chi connectivity index (χ2v) is 4.14. The van der Waals surface area contributed by atoms with E-state index in [4.69, 9.17) is 5.73 Å². The molecule has 3 rings (SSSR count). The third-order valence-electron chi connectivity index (χ3n) is 2.91. The highest BCUT2D eigenvalue weighted by atomic mass is 15.2. The molecule has 0 saturated heterocycles. The van der Waals surface area contributed by atoms with Crippen molar-refractivity contribution in [1.82, 2.24) is 19.6 Å².